The first-order valence-electron chi connectivity index (χ1n) is 3.47. The van der Waals surface area contributed by atoms with Crippen molar-refractivity contribution in [3.05, 3.63) is 23.2 Å². The van der Waals surface area contributed by atoms with E-state index in [1.165, 1.54) is 17.4 Å². The van der Waals surface area contributed by atoms with Gasteiger partial charge in [0.25, 0.3) is 5.24 Å². The summed E-state index contributed by atoms with van der Waals surface area (Å²) in [5, 5.41) is 8.97. The maximum Gasteiger partial charge on any atom is 0.281 e. The topological polar surface area (TPSA) is 50.2 Å². The Morgan fingerprint density at radius 3 is 2.92 bits per heavy atom. The van der Waals surface area contributed by atoms with Gasteiger partial charge < -0.3 is 5.11 Å². The summed E-state index contributed by atoms with van der Waals surface area (Å²) >= 11 is 6.42. The lowest BCUT2D eigenvalue weighted by molar-refractivity contribution is 0.108. The van der Waals surface area contributed by atoms with Crippen molar-refractivity contribution >= 4 is 38.4 Å². The molecule has 0 aliphatic carbocycles. The molecule has 0 fully saturated rings. The summed E-state index contributed by atoms with van der Waals surface area (Å²) in [6, 6.07) is 4.99. The van der Waals surface area contributed by atoms with Gasteiger partial charge in [-0.2, -0.15) is 0 Å². The summed E-state index contributed by atoms with van der Waals surface area (Å²) in [6.07, 6.45) is 0. The molecule has 13 heavy (non-hydrogen) atoms. The molecule has 0 amide bonds. The molecule has 0 saturated heterocycles. The monoisotopic (exact) mass is 213 g/mol. The van der Waals surface area contributed by atoms with Gasteiger partial charge in [0.15, 0.2) is 5.01 Å². The molecule has 2 aromatic rings. The normalized spacial score (nSPS) is 10.5. The fraction of sp³-hybridized carbons (Fsp3) is 0. The van der Waals surface area contributed by atoms with Gasteiger partial charge in [-0.3, -0.25) is 4.79 Å². The van der Waals surface area contributed by atoms with E-state index in [9.17, 15) is 9.90 Å². The van der Waals surface area contributed by atoms with Crippen molar-refractivity contribution in [2.45, 2.75) is 0 Å². The molecule has 1 aromatic heterocycles. The van der Waals surface area contributed by atoms with Crippen LogP contribution in [0.3, 0.4) is 0 Å². The van der Waals surface area contributed by atoms with Crippen LogP contribution in [0.15, 0.2) is 18.2 Å². The van der Waals surface area contributed by atoms with Crippen LogP contribution in [0.25, 0.3) is 10.2 Å². The van der Waals surface area contributed by atoms with Crippen LogP contribution < -0.4 is 0 Å². The molecule has 66 valence electrons. The number of hydrogen-bond acceptors (Lipinski definition) is 4. The first-order chi connectivity index (χ1) is 6.18. The van der Waals surface area contributed by atoms with Gasteiger partial charge in [0.05, 0.1) is 4.70 Å². The lowest BCUT2D eigenvalue weighted by Gasteiger charge is -1.89. The summed E-state index contributed by atoms with van der Waals surface area (Å²) in [7, 11) is 0. The Hall–Kier alpha value is -1.13. The van der Waals surface area contributed by atoms with Crippen LogP contribution in [0.4, 0.5) is 0 Å². The quantitative estimate of drug-likeness (QED) is 0.740. The van der Waals surface area contributed by atoms with Crippen LogP contribution in [0, 0.1) is 0 Å². The number of nitrogens with zero attached hydrogens (tertiary/aromatic N) is 1. The lowest BCUT2D eigenvalue weighted by atomic mass is 10.3. The highest BCUT2D eigenvalue weighted by molar-refractivity contribution is 7.21. The van der Waals surface area contributed by atoms with Gasteiger partial charge in [-0.25, -0.2) is 4.98 Å². The minimum absolute atomic E-state index is 0.0675. The average Bonchev–Trinajstić information content (AvgIpc) is 2.49. The minimum Gasteiger partial charge on any atom is -0.506 e. The summed E-state index contributed by atoms with van der Waals surface area (Å²) in [6.45, 7) is 0. The molecule has 1 heterocycles. The van der Waals surface area contributed by atoms with Crippen molar-refractivity contribution in [2.75, 3.05) is 0 Å². The zero-order chi connectivity index (χ0) is 9.42. The Kier molecular flexibility index (Phi) is 1.94. The van der Waals surface area contributed by atoms with E-state index in [4.69, 9.17) is 11.6 Å². The molecule has 1 aromatic carbocycles. The van der Waals surface area contributed by atoms with Crippen LogP contribution in [-0.4, -0.2) is 15.3 Å². The number of halogens is 1. The number of phenols is 1. The first kappa shape index (κ1) is 8.47. The zero-order valence-corrected chi connectivity index (χ0v) is 7.89. The highest BCUT2D eigenvalue weighted by atomic mass is 35.5. The van der Waals surface area contributed by atoms with E-state index in [-0.39, 0.29) is 10.8 Å². The molecule has 5 heteroatoms. The van der Waals surface area contributed by atoms with Gasteiger partial charge in [-0.15, -0.1) is 11.3 Å². The van der Waals surface area contributed by atoms with Crippen molar-refractivity contribution in [1.82, 2.24) is 4.98 Å². The van der Waals surface area contributed by atoms with Crippen molar-refractivity contribution in [2.24, 2.45) is 0 Å². The number of aromatic nitrogens is 1. The van der Waals surface area contributed by atoms with E-state index in [0.29, 0.717) is 5.52 Å². The summed E-state index contributed by atoms with van der Waals surface area (Å²) in [4.78, 5) is 14.7. The Bertz CT molecular complexity index is 480. The summed E-state index contributed by atoms with van der Waals surface area (Å²) in [5.74, 6) is 0.0675. The lowest BCUT2D eigenvalue weighted by Crippen LogP contribution is -1.84. The molecule has 1 N–H and O–H groups in total. The molecule has 3 nitrogen and oxygen atoms in total. The van der Waals surface area contributed by atoms with Crippen molar-refractivity contribution in [3.8, 4) is 5.75 Å². The van der Waals surface area contributed by atoms with Crippen LogP contribution in [0.1, 0.15) is 9.80 Å². The van der Waals surface area contributed by atoms with E-state index in [0.717, 1.165) is 4.70 Å². The molecule has 0 unspecified atom stereocenters. The molecular formula is C8H4ClNO2S. The Labute approximate surface area is 82.6 Å². The number of hydrogen-bond donors (Lipinski definition) is 1. The molecule has 0 spiro atoms. The van der Waals surface area contributed by atoms with Crippen molar-refractivity contribution < 1.29 is 9.90 Å². The molecule has 0 saturated carbocycles. The third-order valence-corrected chi connectivity index (χ3v) is 2.88. The molecule has 0 radical (unpaired) electrons. The predicted octanol–water partition coefficient (Wildman–Crippen LogP) is 2.38. The van der Waals surface area contributed by atoms with Crippen LogP contribution >= 0.6 is 22.9 Å². The Balaban J connectivity index is 2.75. The van der Waals surface area contributed by atoms with Gasteiger partial charge >= 0.3 is 0 Å². The summed E-state index contributed by atoms with van der Waals surface area (Å²) < 4.78 is 0.754. The second-order valence-corrected chi connectivity index (χ2v) is 3.79. The van der Waals surface area contributed by atoms with E-state index in [2.05, 4.69) is 4.98 Å². The van der Waals surface area contributed by atoms with Gasteiger partial charge in [0.2, 0.25) is 0 Å². The molecule has 0 aliphatic heterocycles. The van der Waals surface area contributed by atoms with E-state index >= 15 is 0 Å². The van der Waals surface area contributed by atoms with E-state index in [1.54, 1.807) is 12.1 Å². The Morgan fingerprint density at radius 2 is 2.31 bits per heavy atom. The number of fused-ring (bicyclic) bond motifs is 1. The van der Waals surface area contributed by atoms with Crippen molar-refractivity contribution in [1.29, 1.82) is 0 Å². The Morgan fingerprint density at radius 1 is 1.54 bits per heavy atom. The zero-order valence-electron chi connectivity index (χ0n) is 6.32. The van der Waals surface area contributed by atoms with Crippen LogP contribution in [0.5, 0.6) is 5.75 Å². The van der Waals surface area contributed by atoms with Crippen LogP contribution in [-0.2, 0) is 0 Å². The second-order valence-electron chi connectivity index (χ2n) is 2.42. The highest BCUT2D eigenvalue weighted by Crippen LogP contribution is 2.29. The predicted molar refractivity (Wildman–Crippen MR) is 51.5 cm³/mol. The maximum absolute atomic E-state index is 10.8. The number of carbonyl (C=O) groups excluding carboxylic acids is 1. The fourth-order valence-electron chi connectivity index (χ4n) is 1.02. The molecule has 2 rings (SSSR count). The third kappa shape index (κ3) is 1.38. The highest BCUT2D eigenvalue weighted by Gasteiger charge is 2.11. The average molecular weight is 214 g/mol. The maximum atomic E-state index is 10.8. The van der Waals surface area contributed by atoms with Gasteiger partial charge in [-0.1, -0.05) is 6.07 Å². The second kappa shape index (κ2) is 2.97. The number of aromatic hydroxyl groups is 1. The van der Waals surface area contributed by atoms with Crippen molar-refractivity contribution in [3.63, 3.8) is 0 Å². The minimum atomic E-state index is -0.597. The SMILES string of the molecule is O=C(Cl)c1nc2c(O)cccc2s1. The fourth-order valence-corrected chi connectivity index (χ4v) is 2.00. The number of rotatable bonds is 1. The molecule has 0 aliphatic rings. The molecule has 0 atom stereocenters. The number of thiazole rings is 1. The van der Waals surface area contributed by atoms with Gasteiger partial charge in [-0.05, 0) is 23.7 Å². The molecule has 0 bridgehead atoms. The third-order valence-electron chi connectivity index (χ3n) is 1.57. The molecular weight excluding hydrogens is 210 g/mol. The summed E-state index contributed by atoms with van der Waals surface area (Å²) in [5.41, 5.74) is 0.427. The number of carbonyl (C=O) groups is 1. The number of para-hydroxylation sites is 1. The number of phenolic OH excluding ortho intramolecular Hbond substituents is 1. The number of benzene rings is 1. The van der Waals surface area contributed by atoms with E-state index in [1.807, 2.05) is 0 Å². The van der Waals surface area contributed by atoms with E-state index < -0.39 is 5.24 Å². The largest absolute Gasteiger partial charge is 0.506 e. The first-order valence-corrected chi connectivity index (χ1v) is 4.66. The van der Waals surface area contributed by atoms with Gasteiger partial charge in [0, 0.05) is 0 Å². The smallest absolute Gasteiger partial charge is 0.281 e. The van der Waals surface area contributed by atoms with Crippen LogP contribution in [0.2, 0.25) is 0 Å². The van der Waals surface area contributed by atoms with Gasteiger partial charge in [0.1, 0.15) is 11.3 Å². The standard InChI is InChI=1S/C8H4ClNO2S/c9-7(12)8-10-6-4(11)2-1-3-5(6)13-8/h1-3,11H.